The molecule has 0 bridgehead atoms. The summed E-state index contributed by atoms with van der Waals surface area (Å²) in [6.45, 7) is 5.72. The van der Waals surface area contributed by atoms with Crippen molar-refractivity contribution < 1.29 is 14.0 Å². The number of aryl methyl sites for hydroxylation is 2. The van der Waals surface area contributed by atoms with Crippen LogP contribution in [0.5, 0.6) is 0 Å². The summed E-state index contributed by atoms with van der Waals surface area (Å²) < 4.78 is 5.62. The minimum atomic E-state index is -0.525. The number of hydrogen-bond donors (Lipinski definition) is 2. The van der Waals surface area contributed by atoms with Gasteiger partial charge in [0, 0.05) is 12.0 Å². The van der Waals surface area contributed by atoms with Crippen LogP contribution in [0.15, 0.2) is 39.9 Å². The highest BCUT2D eigenvalue weighted by Gasteiger charge is 2.26. The molecule has 0 spiro atoms. The van der Waals surface area contributed by atoms with Crippen LogP contribution in [0.2, 0.25) is 0 Å². The van der Waals surface area contributed by atoms with E-state index in [2.05, 4.69) is 20.4 Å². The third-order valence-corrected chi connectivity index (χ3v) is 4.86. The lowest BCUT2D eigenvalue weighted by molar-refractivity contribution is 0.0514. The second-order valence-corrected chi connectivity index (χ2v) is 7.35. The summed E-state index contributed by atoms with van der Waals surface area (Å²) in [6.07, 6.45) is 2.01. The zero-order chi connectivity index (χ0) is 20.5. The molecule has 1 aromatic carbocycles. The van der Waals surface area contributed by atoms with Crippen molar-refractivity contribution in [2.45, 2.75) is 39.7 Å². The van der Waals surface area contributed by atoms with Gasteiger partial charge in [0.1, 0.15) is 23.2 Å². The highest BCUT2D eigenvalue weighted by Crippen LogP contribution is 2.29. The first-order chi connectivity index (χ1) is 13.9. The van der Waals surface area contributed by atoms with Crippen molar-refractivity contribution >= 4 is 28.7 Å². The number of rotatable bonds is 6. The Hall–Kier alpha value is -3.42. The lowest BCUT2D eigenvalue weighted by Crippen LogP contribution is -2.15. The first-order valence-electron chi connectivity index (χ1n) is 9.56. The van der Waals surface area contributed by atoms with Gasteiger partial charge in [0.15, 0.2) is 0 Å². The molecule has 150 valence electrons. The molecule has 4 rings (SSSR count). The second kappa shape index (κ2) is 7.54. The van der Waals surface area contributed by atoms with Crippen LogP contribution in [0.25, 0.3) is 11.1 Å². The van der Waals surface area contributed by atoms with Gasteiger partial charge < -0.3 is 20.3 Å². The molecule has 8 heteroatoms. The maximum Gasteiger partial charge on any atom is 0.365 e. The van der Waals surface area contributed by atoms with E-state index in [1.54, 1.807) is 12.1 Å². The van der Waals surface area contributed by atoms with Crippen molar-refractivity contribution in [2.75, 3.05) is 5.32 Å². The van der Waals surface area contributed by atoms with Gasteiger partial charge in [-0.05, 0) is 57.4 Å². The van der Waals surface area contributed by atoms with Crippen LogP contribution in [-0.4, -0.2) is 21.8 Å². The summed E-state index contributed by atoms with van der Waals surface area (Å²) in [5.41, 5.74) is 7.71. The lowest BCUT2D eigenvalue weighted by atomic mass is 10.1. The number of amidine groups is 1. The van der Waals surface area contributed by atoms with E-state index in [4.69, 9.17) is 15.0 Å². The number of nitrogens with zero attached hydrogens (tertiary/aromatic N) is 3. The van der Waals surface area contributed by atoms with Crippen LogP contribution in [-0.2, 0) is 4.84 Å². The summed E-state index contributed by atoms with van der Waals surface area (Å²) in [7, 11) is 0. The maximum atomic E-state index is 12.1. The van der Waals surface area contributed by atoms with Gasteiger partial charge in [-0.1, -0.05) is 17.3 Å². The summed E-state index contributed by atoms with van der Waals surface area (Å²) in [4.78, 5) is 25.9. The first-order valence-corrected chi connectivity index (χ1v) is 9.56. The monoisotopic (exact) mass is 393 g/mol. The van der Waals surface area contributed by atoms with Gasteiger partial charge in [0.2, 0.25) is 5.71 Å². The van der Waals surface area contributed by atoms with Gasteiger partial charge in [0.05, 0.1) is 10.9 Å². The Labute approximate surface area is 168 Å². The third-order valence-electron chi connectivity index (χ3n) is 4.86. The highest BCUT2D eigenvalue weighted by molar-refractivity contribution is 5.91. The summed E-state index contributed by atoms with van der Waals surface area (Å²) in [6, 6.07) is 9.03. The van der Waals surface area contributed by atoms with Crippen molar-refractivity contribution in [3.63, 3.8) is 0 Å². The van der Waals surface area contributed by atoms with Crippen LogP contribution >= 0.6 is 0 Å². The van der Waals surface area contributed by atoms with E-state index in [9.17, 15) is 4.79 Å². The first kappa shape index (κ1) is 18.9. The number of nitrogens with one attached hydrogen (secondary N) is 1. The smallest absolute Gasteiger partial charge is 0.365 e. The van der Waals surface area contributed by atoms with E-state index in [1.165, 1.54) is 0 Å². The zero-order valence-corrected chi connectivity index (χ0v) is 16.6. The standard InChI is InChI=1S/C21H23N5O3/c1-11-10-17-19(24-13(3)25-20(17)28-11)23-12(2)14-4-8-16(9-5-14)21(27)29-26-18(22)15-6-7-15/h4-5,8-10,12,15H,6-7H2,1-3H3,(H2,22,26)(H,23,24,25)/t12-/m0/s1. The molecule has 0 saturated heterocycles. The van der Waals surface area contributed by atoms with Crippen LogP contribution in [0.4, 0.5) is 5.82 Å². The van der Waals surface area contributed by atoms with Crippen molar-refractivity contribution in [3.05, 3.63) is 53.0 Å². The Morgan fingerprint density at radius 1 is 1.28 bits per heavy atom. The Morgan fingerprint density at radius 2 is 2.00 bits per heavy atom. The molecule has 0 aliphatic heterocycles. The van der Waals surface area contributed by atoms with Crippen LogP contribution in [0, 0.1) is 19.8 Å². The Morgan fingerprint density at radius 3 is 2.69 bits per heavy atom. The number of furan rings is 1. The number of carbonyl (C=O) groups is 1. The van der Waals surface area contributed by atoms with E-state index in [0.717, 1.165) is 29.6 Å². The van der Waals surface area contributed by atoms with Gasteiger partial charge in [-0.2, -0.15) is 4.98 Å². The highest BCUT2D eigenvalue weighted by atomic mass is 16.7. The van der Waals surface area contributed by atoms with Gasteiger partial charge in [-0.3, -0.25) is 0 Å². The average molecular weight is 393 g/mol. The molecule has 8 nitrogen and oxygen atoms in total. The van der Waals surface area contributed by atoms with E-state index in [-0.39, 0.29) is 12.0 Å². The zero-order valence-electron chi connectivity index (χ0n) is 16.6. The molecule has 0 amide bonds. The fourth-order valence-electron chi connectivity index (χ4n) is 3.06. The molecule has 0 unspecified atom stereocenters. The number of hydrogen-bond acceptors (Lipinski definition) is 7. The van der Waals surface area contributed by atoms with E-state index >= 15 is 0 Å². The molecule has 2 heterocycles. The maximum absolute atomic E-state index is 12.1. The van der Waals surface area contributed by atoms with Gasteiger partial charge in [-0.15, -0.1) is 0 Å². The van der Waals surface area contributed by atoms with Crippen LogP contribution < -0.4 is 11.1 Å². The number of nitrogens with two attached hydrogens (primary N) is 1. The van der Waals surface area contributed by atoms with E-state index in [1.807, 2.05) is 39.0 Å². The van der Waals surface area contributed by atoms with Crippen molar-refractivity contribution in [2.24, 2.45) is 16.8 Å². The normalized spacial score (nSPS) is 15.3. The number of anilines is 1. The average Bonchev–Trinajstić information content (AvgIpc) is 3.48. The number of benzene rings is 1. The Bertz CT molecular complexity index is 1080. The fourth-order valence-corrected chi connectivity index (χ4v) is 3.06. The molecule has 3 aromatic rings. The molecule has 1 aliphatic rings. The summed E-state index contributed by atoms with van der Waals surface area (Å²) in [5.74, 6) is 2.24. The number of aromatic nitrogens is 2. The van der Waals surface area contributed by atoms with Gasteiger partial charge in [-0.25, -0.2) is 9.78 Å². The second-order valence-electron chi connectivity index (χ2n) is 7.35. The summed E-state index contributed by atoms with van der Waals surface area (Å²) >= 11 is 0. The quantitative estimate of drug-likeness (QED) is 0.283. The lowest BCUT2D eigenvalue weighted by Gasteiger charge is -2.16. The molecule has 1 fully saturated rings. The van der Waals surface area contributed by atoms with Crippen LogP contribution in [0.1, 0.15) is 53.3 Å². The molecule has 2 aromatic heterocycles. The SMILES string of the molecule is Cc1nc(N[C@@H](C)c2ccc(C(=O)O/N=C(\N)C3CC3)cc2)c2cc(C)oc2n1. The molecule has 1 aliphatic carbocycles. The Kier molecular flexibility index (Phi) is 4.92. The van der Waals surface area contributed by atoms with Crippen molar-refractivity contribution in [1.29, 1.82) is 0 Å². The van der Waals surface area contributed by atoms with Crippen LogP contribution in [0.3, 0.4) is 0 Å². The molecule has 3 N–H and O–H groups in total. The van der Waals surface area contributed by atoms with Gasteiger partial charge >= 0.3 is 5.97 Å². The number of carbonyl (C=O) groups excluding carboxylic acids is 1. The third kappa shape index (κ3) is 4.21. The van der Waals surface area contributed by atoms with E-state index < -0.39 is 5.97 Å². The molecular formula is C21H23N5O3. The molecule has 0 radical (unpaired) electrons. The van der Waals surface area contributed by atoms with Crippen molar-refractivity contribution in [3.8, 4) is 0 Å². The van der Waals surface area contributed by atoms with Gasteiger partial charge in [0.25, 0.3) is 0 Å². The predicted octanol–water partition coefficient (Wildman–Crippen LogP) is 3.85. The molecular weight excluding hydrogens is 370 g/mol. The molecule has 29 heavy (non-hydrogen) atoms. The fraction of sp³-hybridized carbons (Fsp3) is 0.333. The largest absolute Gasteiger partial charge is 0.443 e. The van der Waals surface area contributed by atoms with Crippen molar-refractivity contribution in [1.82, 2.24) is 9.97 Å². The predicted molar refractivity (Wildman–Crippen MR) is 110 cm³/mol. The minimum Gasteiger partial charge on any atom is -0.443 e. The minimum absolute atomic E-state index is 0.0451. The number of oxime groups is 1. The summed E-state index contributed by atoms with van der Waals surface area (Å²) in [5, 5.41) is 7.96. The Balaban J connectivity index is 1.46. The molecule has 1 saturated carbocycles. The van der Waals surface area contributed by atoms with E-state index in [0.29, 0.717) is 28.8 Å². The number of fused-ring (bicyclic) bond motifs is 1. The topological polar surface area (TPSA) is 116 Å². The molecule has 1 atom stereocenters.